The summed E-state index contributed by atoms with van der Waals surface area (Å²) in [7, 11) is -3.80. The van der Waals surface area contributed by atoms with Crippen molar-refractivity contribution in [2.45, 2.75) is 4.90 Å². The number of halogens is 1. The first-order valence-electron chi connectivity index (χ1n) is 4.84. The SMILES string of the molecule is Nc1ccccc1S(=O)(=O)Nc1cncc(Cl)n1. The molecular weight excluding hydrogens is 276 g/mol. The molecular formula is C10H9ClN4O2S. The van der Waals surface area contributed by atoms with Crippen LogP contribution in [0.4, 0.5) is 11.5 Å². The maximum Gasteiger partial charge on any atom is 0.265 e. The fraction of sp³-hybridized carbons (Fsp3) is 0. The average molecular weight is 285 g/mol. The predicted octanol–water partition coefficient (Wildman–Crippen LogP) is 1.51. The Balaban J connectivity index is 2.37. The zero-order chi connectivity index (χ0) is 13.2. The molecule has 1 aromatic carbocycles. The van der Waals surface area contributed by atoms with Gasteiger partial charge in [0.1, 0.15) is 10.0 Å². The van der Waals surface area contributed by atoms with E-state index in [0.29, 0.717) is 0 Å². The van der Waals surface area contributed by atoms with Gasteiger partial charge in [-0.1, -0.05) is 23.7 Å². The molecule has 0 bridgehead atoms. The van der Waals surface area contributed by atoms with Crippen molar-refractivity contribution < 1.29 is 8.42 Å². The van der Waals surface area contributed by atoms with E-state index in [1.807, 2.05) is 0 Å². The molecule has 0 atom stereocenters. The van der Waals surface area contributed by atoms with Crippen LogP contribution in [-0.2, 0) is 10.0 Å². The second-order valence-electron chi connectivity index (χ2n) is 3.37. The molecule has 0 amide bonds. The molecule has 0 unspecified atom stereocenters. The number of benzene rings is 1. The first-order chi connectivity index (χ1) is 8.49. The number of hydrogen-bond acceptors (Lipinski definition) is 5. The third-order valence-corrected chi connectivity index (χ3v) is 3.66. The van der Waals surface area contributed by atoms with E-state index >= 15 is 0 Å². The number of para-hydroxylation sites is 1. The third kappa shape index (κ3) is 2.69. The Labute approximate surface area is 109 Å². The highest BCUT2D eigenvalue weighted by molar-refractivity contribution is 7.92. The molecule has 0 aliphatic carbocycles. The van der Waals surface area contributed by atoms with E-state index in [0.717, 1.165) is 0 Å². The van der Waals surface area contributed by atoms with Crippen LogP contribution in [0.3, 0.4) is 0 Å². The zero-order valence-corrected chi connectivity index (χ0v) is 10.6. The van der Waals surface area contributed by atoms with Crippen LogP contribution in [0.25, 0.3) is 0 Å². The fourth-order valence-electron chi connectivity index (χ4n) is 1.31. The second kappa shape index (κ2) is 4.79. The summed E-state index contributed by atoms with van der Waals surface area (Å²) in [6.45, 7) is 0. The van der Waals surface area contributed by atoms with Gasteiger partial charge < -0.3 is 5.73 Å². The minimum absolute atomic E-state index is 0.0215. The quantitative estimate of drug-likeness (QED) is 0.833. The van der Waals surface area contributed by atoms with Crippen molar-refractivity contribution in [2.24, 2.45) is 0 Å². The fourth-order valence-corrected chi connectivity index (χ4v) is 2.58. The number of hydrogen-bond donors (Lipinski definition) is 2. The predicted molar refractivity (Wildman–Crippen MR) is 68.7 cm³/mol. The normalized spacial score (nSPS) is 11.2. The molecule has 94 valence electrons. The van der Waals surface area contributed by atoms with Crippen molar-refractivity contribution in [1.82, 2.24) is 9.97 Å². The maximum atomic E-state index is 12.0. The number of nitrogens with one attached hydrogen (secondary N) is 1. The first-order valence-corrected chi connectivity index (χ1v) is 6.70. The van der Waals surface area contributed by atoms with Crippen molar-refractivity contribution >= 4 is 33.1 Å². The van der Waals surface area contributed by atoms with Gasteiger partial charge in [-0.05, 0) is 12.1 Å². The zero-order valence-electron chi connectivity index (χ0n) is 9.04. The van der Waals surface area contributed by atoms with Crippen LogP contribution < -0.4 is 10.5 Å². The molecule has 18 heavy (non-hydrogen) atoms. The largest absolute Gasteiger partial charge is 0.398 e. The molecule has 2 rings (SSSR count). The highest BCUT2D eigenvalue weighted by Gasteiger charge is 2.17. The Morgan fingerprint density at radius 1 is 1.22 bits per heavy atom. The van der Waals surface area contributed by atoms with Crippen LogP contribution in [0.2, 0.25) is 5.15 Å². The minimum atomic E-state index is -3.80. The van der Waals surface area contributed by atoms with Crippen LogP contribution >= 0.6 is 11.6 Å². The summed E-state index contributed by atoms with van der Waals surface area (Å²) in [5, 5.41) is 0.0937. The van der Waals surface area contributed by atoms with Gasteiger partial charge in [-0.25, -0.2) is 13.4 Å². The van der Waals surface area contributed by atoms with E-state index < -0.39 is 10.0 Å². The van der Waals surface area contributed by atoms with Gasteiger partial charge in [-0.3, -0.25) is 9.71 Å². The number of rotatable bonds is 3. The van der Waals surface area contributed by atoms with Gasteiger partial charge in [0.2, 0.25) is 0 Å². The monoisotopic (exact) mass is 284 g/mol. The van der Waals surface area contributed by atoms with Gasteiger partial charge in [0.05, 0.1) is 18.1 Å². The van der Waals surface area contributed by atoms with Crippen LogP contribution in [0.1, 0.15) is 0 Å². The van der Waals surface area contributed by atoms with E-state index in [1.54, 1.807) is 12.1 Å². The lowest BCUT2D eigenvalue weighted by Crippen LogP contribution is -2.15. The number of anilines is 2. The van der Waals surface area contributed by atoms with Gasteiger partial charge in [0, 0.05) is 0 Å². The standard InChI is InChI=1S/C10H9ClN4O2S/c11-9-5-13-6-10(14-9)15-18(16,17)8-4-2-1-3-7(8)12/h1-6H,12H2,(H,14,15). The Morgan fingerprint density at radius 2 is 1.94 bits per heavy atom. The molecule has 0 saturated carbocycles. The first kappa shape index (κ1) is 12.6. The Hall–Kier alpha value is -1.86. The molecule has 0 saturated heterocycles. The number of nitrogen functional groups attached to an aromatic ring is 1. The molecule has 0 aliphatic heterocycles. The highest BCUT2D eigenvalue weighted by Crippen LogP contribution is 2.20. The van der Waals surface area contributed by atoms with Crippen molar-refractivity contribution in [3.8, 4) is 0 Å². The van der Waals surface area contributed by atoms with Crippen molar-refractivity contribution in [1.29, 1.82) is 0 Å². The molecule has 3 N–H and O–H groups in total. The van der Waals surface area contributed by atoms with Gasteiger partial charge in [0.15, 0.2) is 5.82 Å². The second-order valence-corrected chi connectivity index (χ2v) is 5.41. The van der Waals surface area contributed by atoms with Gasteiger partial charge in [0.25, 0.3) is 10.0 Å². The van der Waals surface area contributed by atoms with Gasteiger partial charge in [-0.15, -0.1) is 0 Å². The summed E-state index contributed by atoms with van der Waals surface area (Å²) in [6, 6.07) is 6.12. The maximum absolute atomic E-state index is 12.0. The molecule has 0 radical (unpaired) electrons. The number of nitrogens with zero attached hydrogens (tertiary/aromatic N) is 2. The van der Waals surface area contributed by atoms with Crippen LogP contribution in [0.15, 0.2) is 41.6 Å². The van der Waals surface area contributed by atoms with E-state index in [1.165, 1.54) is 24.5 Å². The smallest absolute Gasteiger partial charge is 0.265 e. The summed E-state index contributed by atoms with van der Waals surface area (Å²) in [5.41, 5.74) is 5.76. The van der Waals surface area contributed by atoms with E-state index in [4.69, 9.17) is 17.3 Å². The summed E-state index contributed by atoms with van der Waals surface area (Å²) in [6.07, 6.45) is 2.55. The lowest BCUT2D eigenvalue weighted by Gasteiger charge is -2.08. The summed E-state index contributed by atoms with van der Waals surface area (Å²) in [5.74, 6) is 0.0331. The number of nitrogens with two attached hydrogens (primary N) is 1. The van der Waals surface area contributed by atoms with E-state index in [9.17, 15) is 8.42 Å². The molecule has 2 aromatic rings. The van der Waals surface area contributed by atoms with Crippen LogP contribution in [0.5, 0.6) is 0 Å². The number of sulfonamides is 1. The summed E-state index contributed by atoms with van der Waals surface area (Å²) < 4.78 is 26.3. The molecule has 1 aromatic heterocycles. The number of aromatic nitrogens is 2. The van der Waals surface area contributed by atoms with Gasteiger partial charge >= 0.3 is 0 Å². The topological polar surface area (TPSA) is 98.0 Å². The molecule has 0 fully saturated rings. The lowest BCUT2D eigenvalue weighted by atomic mass is 10.3. The Morgan fingerprint density at radius 3 is 2.61 bits per heavy atom. The van der Waals surface area contributed by atoms with Gasteiger partial charge in [-0.2, -0.15) is 0 Å². The van der Waals surface area contributed by atoms with Crippen molar-refractivity contribution in [2.75, 3.05) is 10.5 Å². The van der Waals surface area contributed by atoms with Crippen LogP contribution in [-0.4, -0.2) is 18.4 Å². The highest BCUT2D eigenvalue weighted by atomic mass is 35.5. The Bertz CT molecular complexity index is 675. The van der Waals surface area contributed by atoms with Crippen LogP contribution in [0, 0.1) is 0 Å². The molecule has 0 spiro atoms. The molecule has 6 nitrogen and oxygen atoms in total. The van der Waals surface area contributed by atoms with Crippen molar-refractivity contribution in [3.63, 3.8) is 0 Å². The molecule has 8 heteroatoms. The molecule has 0 aliphatic rings. The summed E-state index contributed by atoms with van der Waals surface area (Å²) >= 11 is 5.62. The minimum Gasteiger partial charge on any atom is -0.398 e. The lowest BCUT2D eigenvalue weighted by molar-refractivity contribution is 0.601. The van der Waals surface area contributed by atoms with E-state index in [2.05, 4.69) is 14.7 Å². The summed E-state index contributed by atoms with van der Waals surface area (Å²) in [4.78, 5) is 7.50. The average Bonchev–Trinajstić information content (AvgIpc) is 2.28. The molecule has 1 heterocycles. The van der Waals surface area contributed by atoms with Crippen molar-refractivity contribution in [3.05, 3.63) is 41.8 Å². The third-order valence-electron chi connectivity index (χ3n) is 2.05. The van der Waals surface area contributed by atoms with E-state index in [-0.39, 0.29) is 21.6 Å². The Kier molecular flexibility index (Phi) is 3.35.